The van der Waals surface area contributed by atoms with Gasteiger partial charge in [-0.2, -0.15) is 29.9 Å². The van der Waals surface area contributed by atoms with Crippen LogP contribution in [-0.2, 0) is 52.5 Å². The highest BCUT2D eigenvalue weighted by atomic mass is 35.5. The van der Waals surface area contributed by atoms with Gasteiger partial charge in [-0.1, -0.05) is 184 Å². The van der Waals surface area contributed by atoms with Crippen LogP contribution in [0.4, 0.5) is 109 Å². The van der Waals surface area contributed by atoms with E-state index < -0.39 is 0 Å². The molecule has 0 fully saturated rings. The summed E-state index contributed by atoms with van der Waals surface area (Å²) in [7, 11) is 23.9. The number of hydrogen-bond acceptors (Lipinski definition) is 32. The summed E-state index contributed by atoms with van der Waals surface area (Å²) in [4.78, 5) is 78.5. The lowest BCUT2D eigenvalue weighted by Crippen LogP contribution is -2.35. The Morgan fingerprint density at radius 3 is 0.789 bits per heavy atom. The molecule has 32 nitrogen and oxygen atoms in total. The molecule has 6 aromatic carbocycles. The molecule has 12 heterocycles. The highest BCUT2D eigenvalue weighted by Crippen LogP contribution is 2.39. The Labute approximate surface area is 783 Å². The van der Waals surface area contributed by atoms with Gasteiger partial charge in [-0.05, 0) is 75.7 Å². The van der Waals surface area contributed by atoms with Crippen molar-refractivity contribution in [3.05, 3.63) is 323 Å². The molecular formula is C99H118ClFN30O2. The fourth-order valence-corrected chi connectivity index (χ4v) is 15.0. The number of hydrogen-bond donors (Lipinski definition) is 8. The SMILES string of the molecule is C=C1CN(C)c2nc(NCc3ccc(CO)cc3)ncc2N1C.C=C1CN(C)c2nc(NCc3ccc(Cl)cc3)ncc2N1C.C=C1CN(C)c2nc(NCc3ccc(F)cc3)ncc2N1C.C=C1CN(C)c2nc(NCc3cccc(C)c3)ncc2N1C.C=C1CN(C)c2nc(NCc3cccc(CO)c3)ncc2N1C.C=C1CN(C)c2nc(NCc3ccccc3)ncc2N1C. The molecule has 0 saturated carbocycles. The fourth-order valence-electron chi connectivity index (χ4n) is 14.9. The van der Waals surface area contributed by atoms with Crippen LogP contribution in [0.25, 0.3) is 0 Å². The molecule has 6 aliphatic rings. The number of anilines is 18. The van der Waals surface area contributed by atoms with E-state index in [0.717, 1.165) is 181 Å². The van der Waals surface area contributed by atoms with Gasteiger partial charge in [0, 0.05) is 163 Å². The monoisotopic (exact) mass is 1810 g/mol. The largest absolute Gasteiger partial charge is 0.392 e. The van der Waals surface area contributed by atoms with E-state index in [-0.39, 0.29) is 19.0 Å². The molecule has 0 amide bonds. The van der Waals surface area contributed by atoms with Crippen LogP contribution in [-0.4, -0.2) is 194 Å². The number of nitrogens with zero attached hydrogens (tertiary/aromatic N) is 24. The number of benzene rings is 6. The van der Waals surface area contributed by atoms with Crippen molar-refractivity contribution in [3.8, 4) is 0 Å². The number of halogens is 2. The number of fused-ring (bicyclic) bond motifs is 6. The number of aliphatic hydroxyl groups excluding tert-OH is 2. The first-order chi connectivity index (χ1) is 63.9. The standard InChI is InChI=1S/2C17H21N5O.C17H21N5.C16H18ClN5.C16H18FN5.C16H19N5/c1-12-10-21(2)16-15(22(12)3)9-19-17(20-16)18-8-13-4-6-14(11-23)7-5-13;1-12-10-21(2)16-15(22(12)3)9-19-17(20-16)18-8-13-5-4-6-14(7-13)11-23;1-12-6-5-7-14(8-12)9-18-17-19-10-15-16(20-17)21(3)11-13(2)22(15)4;2*1-11-10-21(2)15-14(22(11)3)9-19-16(20-15)18-8-12-4-6-13(17)7-5-12;1-12-11-20(2)15-14(21(12)3)10-18-16(19-15)17-9-13-7-5-4-6-8-13/h2*4-7,9,23H,1,8,10-11H2,2-3H3,(H,18,19,20);5-8,10H,2,9,11H2,1,3-4H3,(H,18,19,20);2*4-7,9H,1,8,10H2,2-3H3,(H,18,19,20);4-8,10H,1,9,11H2,2-3H3,(H,17,18,19). The van der Waals surface area contributed by atoms with E-state index in [1.54, 1.807) is 18.3 Å². The summed E-state index contributed by atoms with van der Waals surface area (Å²) >= 11 is 5.89. The molecule has 133 heavy (non-hydrogen) atoms. The van der Waals surface area contributed by atoms with E-state index in [9.17, 15) is 9.50 Å². The minimum absolute atomic E-state index is 0.0458. The van der Waals surface area contributed by atoms with Gasteiger partial charge in [-0.3, -0.25) is 0 Å². The summed E-state index contributed by atoms with van der Waals surface area (Å²) in [6.45, 7) is 34.9. The number of rotatable bonds is 20. The first kappa shape index (κ1) is 95.4. The van der Waals surface area contributed by atoms with Crippen LogP contribution in [0.3, 0.4) is 0 Å². The van der Waals surface area contributed by atoms with Crippen molar-refractivity contribution < 1.29 is 14.6 Å². The van der Waals surface area contributed by atoms with Gasteiger partial charge in [-0.25, -0.2) is 34.3 Å². The summed E-state index contributed by atoms with van der Waals surface area (Å²) in [5.74, 6) is 8.82. The van der Waals surface area contributed by atoms with E-state index in [0.29, 0.717) is 75.0 Å². The predicted octanol–water partition coefficient (Wildman–Crippen LogP) is 15.0. The van der Waals surface area contributed by atoms with Gasteiger partial charge in [-0.15, -0.1) is 0 Å². The molecule has 6 aromatic heterocycles. The second kappa shape index (κ2) is 43.9. The van der Waals surface area contributed by atoms with E-state index in [4.69, 9.17) is 16.7 Å². The minimum Gasteiger partial charge on any atom is -0.392 e. The van der Waals surface area contributed by atoms with Gasteiger partial charge in [0.15, 0.2) is 34.9 Å². The molecule has 0 unspecified atom stereocenters. The van der Waals surface area contributed by atoms with Gasteiger partial charge in [0.1, 0.15) is 39.9 Å². The van der Waals surface area contributed by atoms with Crippen LogP contribution >= 0.6 is 11.6 Å². The normalized spacial score (nSPS) is 14.0. The second-order valence-electron chi connectivity index (χ2n) is 33.1. The maximum Gasteiger partial charge on any atom is 0.225 e. The van der Waals surface area contributed by atoms with Crippen molar-refractivity contribution in [1.29, 1.82) is 0 Å². The molecule has 0 saturated heterocycles. The van der Waals surface area contributed by atoms with Gasteiger partial charge in [0.2, 0.25) is 35.7 Å². The number of likely N-dealkylation sites (N-methyl/N-ethyl adjacent to an activating group) is 12. The molecule has 0 spiro atoms. The predicted molar refractivity (Wildman–Crippen MR) is 541 cm³/mol. The van der Waals surface area contributed by atoms with Crippen LogP contribution < -0.4 is 90.7 Å². The summed E-state index contributed by atoms with van der Waals surface area (Å²) in [5.41, 5.74) is 21.7. The Balaban J connectivity index is 0.000000136. The Morgan fingerprint density at radius 1 is 0.286 bits per heavy atom. The zero-order valence-electron chi connectivity index (χ0n) is 77.9. The Morgan fingerprint density at radius 2 is 0.511 bits per heavy atom. The number of aromatic nitrogens is 12. The van der Waals surface area contributed by atoms with Crippen LogP contribution in [0.1, 0.15) is 50.1 Å². The maximum atomic E-state index is 12.9. The molecule has 8 N–H and O–H groups in total. The molecule has 18 rings (SSSR count). The highest BCUT2D eigenvalue weighted by molar-refractivity contribution is 6.30. The Hall–Kier alpha value is -15.2. The Bertz CT molecular complexity index is 5990. The van der Waals surface area contributed by atoms with Crippen molar-refractivity contribution in [2.24, 2.45) is 0 Å². The first-order valence-electron chi connectivity index (χ1n) is 43.3. The van der Waals surface area contributed by atoms with Crippen molar-refractivity contribution in [1.82, 2.24) is 59.8 Å². The van der Waals surface area contributed by atoms with Crippen molar-refractivity contribution in [2.75, 3.05) is 215 Å². The van der Waals surface area contributed by atoms with Crippen molar-refractivity contribution in [3.63, 3.8) is 0 Å². The quantitative estimate of drug-likeness (QED) is 0.0352. The summed E-state index contributed by atoms with van der Waals surface area (Å²) in [6.07, 6.45) is 10.9. The molecule has 6 aliphatic heterocycles. The van der Waals surface area contributed by atoms with Gasteiger partial charge in [0.25, 0.3) is 0 Å². The summed E-state index contributed by atoms with van der Waals surface area (Å²) < 4.78 is 12.9. The second-order valence-corrected chi connectivity index (χ2v) is 33.5. The van der Waals surface area contributed by atoms with Crippen LogP contribution in [0.2, 0.25) is 5.02 Å². The van der Waals surface area contributed by atoms with Crippen molar-refractivity contribution in [2.45, 2.75) is 59.4 Å². The molecule has 0 atom stereocenters. The van der Waals surface area contributed by atoms with Gasteiger partial charge < -0.3 is 101 Å². The van der Waals surface area contributed by atoms with Crippen molar-refractivity contribution >= 4 is 116 Å². The first-order valence-corrected chi connectivity index (χ1v) is 43.7. The molecule has 34 heteroatoms. The molecule has 0 aliphatic carbocycles. The van der Waals surface area contributed by atoms with E-state index >= 15 is 0 Å². The molecule has 12 aromatic rings. The molecule has 690 valence electrons. The molecular weight excluding hydrogens is 1700 g/mol. The van der Waals surface area contributed by atoms with E-state index in [1.165, 1.54) is 28.8 Å². The summed E-state index contributed by atoms with van der Waals surface area (Å²) in [6, 6.07) is 48.3. The number of aryl methyl sites for hydroxylation is 1. The van der Waals surface area contributed by atoms with Crippen LogP contribution in [0.5, 0.6) is 0 Å². The third kappa shape index (κ3) is 24.5. The highest BCUT2D eigenvalue weighted by Gasteiger charge is 2.30. The fraction of sp³-hybridized carbons (Fsp3) is 0.273. The third-order valence-corrected chi connectivity index (χ3v) is 23.3. The smallest absolute Gasteiger partial charge is 0.225 e. The Kier molecular flexibility index (Phi) is 31.5. The minimum atomic E-state index is -0.237. The topological polar surface area (TPSA) is 306 Å². The third-order valence-electron chi connectivity index (χ3n) is 23.0. The zero-order chi connectivity index (χ0) is 94.7. The zero-order valence-corrected chi connectivity index (χ0v) is 78.7. The number of aliphatic hydroxyl groups is 2. The molecule has 0 bridgehead atoms. The van der Waals surface area contributed by atoms with Crippen LogP contribution in [0, 0.1) is 12.7 Å². The molecule has 0 radical (unpaired) electrons. The lowest BCUT2D eigenvalue weighted by atomic mass is 10.1. The maximum absolute atomic E-state index is 12.9. The lowest BCUT2D eigenvalue weighted by molar-refractivity contribution is 0.281. The average Bonchev–Trinajstić information content (AvgIpc) is 0.814. The summed E-state index contributed by atoms with van der Waals surface area (Å²) in [5, 5.41) is 38.4. The van der Waals surface area contributed by atoms with Gasteiger partial charge in [0.05, 0.1) is 89.7 Å². The van der Waals surface area contributed by atoms with E-state index in [1.807, 2.05) is 241 Å². The average molecular weight is 1810 g/mol. The van der Waals surface area contributed by atoms with Gasteiger partial charge >= 0.3 is 0 Å². The lowest BCUT2D eigenvalue weighted by Gasteiger charge is -2.34. The van der Waals surface area contributed by atoms with Crippen LogP contribution in [0.15, 0.2) is 262 Å². The van der Waals surface area contributed by atoms with E-state index in [2.05, 4.69) is 199 Å². The number of nitrogens with one attached hydrogen (secondary N) is 6.